The first-order valence-corrected chi connectivity index (χ1v) is 17.7. The zero-order valence-electron chi connectivity index (χ0n) is 28.4. The Hall–Kier alpha value is -6.90. The maximum Gasteiger partial charge on any atom is 0.136 e. The van der Waals surface area contributed by atoms with E-state index in [1.54, 1.807) is 0 Å². The lowest BCUT2D eigenvalue weighted by molar-refractivity contribution is 0.669. The second-order valence-corrected chi connectivity index (χ2v) is 13.4. The maximum absolute atomic E-state index is 6.24. The van der Waals surface area contributed by atoms with Crippen LogP contribution in [0.2, 0.25) is 0 Å². The molecule has 0 amide bonds. The van der Waals surface area contributed by atoms with Crippen LogP contribution in [0.1, 0.15) is 0 Å². The number of furan rings is 1. The molecule has 0 unspecified atom stereocenters. The fourth-order valence-electron chi connectivity index (χ4n) is 7.58. The minimum atomic E-state index is 0.926. The van der Waals surface area contributed by atoms with Crippen LogP contribution in [0.5, 0.6) is 0 Å². The summed E-state index contributed by atoms with van der Waals surface area (Å²) in [5, 5.41) is 7.18. The van der Waals surface area contributed by atoms with Gasteiger partial charge >= 0.3 is 0 Å². The number of anilines is 3. The van der Waals surface area contributed by atoms with Crippen molar-refractivity contribution in [2.24, 2.45) is 0 Å². The summed E-state index contributed by atoms with van der Waals surface area (Å²) in [7, 11) is 0. The van der Waals surface area contributed by atoms with Crippen molar-refractivity contribution in [1.82, 2.24) is 0 Å². The summed E-state index contributed by atoms with van der Waals surface area (Å²) in [5.74, 6) is 0. The van der Waals surface area contributed by atoms with E-state index in [1.165, 1.54) is 54.9 Å². The number of benzene rings is 9. The van der Waals surface area contributed by atoms with Gasteiger partial charge in [0.05, 0.1) is 0 Å². The van der Waals surface area contributed by atoms with Gasteiger partial charge in [-0.2, -0.15) is 0 Å². The molecule has 2 heteroatoms. The van der Waals surface area contributed by atoms with Gasteiger partial charge in [0.15, 0.2) is 0 Å². The summed E-state index contributed by atoms with van der Waals surface area (Å²) >= 11 is 0. The number of nitrogens with zero attached hydrogens (tertiary/aromatic N) is 1. The second kappa shape index (κ2) is 12.5. The van der Waals surface area contributed by atoms with Crippen LogP contribution in [0.3, 0.4) is 0 Å². The molecule has 2 nitrogen and oxygen atoms in total. The van der Waals surface area contributed by atoms with E-state index in [9.17, 15) is 0 Å². The predicted molar refractivity (Wildman–Crippen MR) is 220 cm³/mol. The molecule has 0 aliphatic rings. The number of fused-ring (bicyclic) bond motifs is 6. The van der Waals surface area contributed by atoms with Crippen LogP contribution in [0.15, 0.2) is 205 Å². The zero-order chi connectivity index (χ0) is 34.4. The molecule has 0 spiro atoms. The molecule has 9 aromatic carbocycles. The third-order valence-electron chi connectivity index (χ3n) is 10.3. The van der Waals surface area contributed by atoms with Crippen molar-refractivity contribution >= 4 is 60.5 Å². The highest BCUT2D eigenvalue weighted by Crippen LogP contribution is 2.39. The summed E-state index contributed by atoms with van der Waals surface area (Å²) in [4.78, 5) is 2.33. The smallest absolute Gasteiger partial charge is 0.136 e. The van der Waals surface area contributed by atoms with Crippen LogP contribution in [-0.4, -0.2) is 0 Å². The van der Waals surface area contributed by atoms with Gasteiger partial charge in [-0.1, -0.05) is 140 Å². The molecule has 0 saturated heterocycles. The Morgan fingerprint density at radius 3 is 1.31 bits per heavy atom. The van der Waals surface area contributed by atoms with Crippen molar-refractivity contribution < 1.29 is 4.42 Å². The summed E-state index contributed by atoms with van der Waals surface area (Å²) < 4.78 is 6.24. The molecule has 1 heterocycles. The molecule has 0 radical (unpaired) electrons. The van der Waals surface area contributed by atoms with Crippen LogP contribution >= 0.6 is 0 Å². The lowest BCUT2D eigenvalue weighted by atomic mass is 9.96. The van der Waals surface area contributed by atoms with Gasteiger partial charge in [-0.15, -0.1) is 0 Å². The zero-order valence-corrected chi connectivity index (χ0v) is 28.4. The van der Waals surface area contributed by atoms with Crippen molar-refractivity contribution in [3.63, 3.8) is 0 Å². The predicted octanol–water partition coefficient (Wildman–Crippen LogP) is 14.4. The molecule has 0 aliphatic carbocycles. The van der Waals surface area contributed by atoms with Crippen molar-refractivity contribution in [3.05, 3.63) is 200 Å². The van der Waals surface area contributed by atoms with Gasteiger partial charge in [0.2, 0.25) is 0 Å². The molecular formula is C50H33NO. The first-order valence-electron chi connectivity index (χ1n) is 17.7. The molecule has 0 fully saturated rings. The van der Waals surface area contributed by atoms with Gasteiger partial charge in [-0.3, -0.25) is 0 Å². The van der Waals surface area contributed by atoms with Crippen LogP contribution in [-0.2, 0) is 0 Å². The summed E-state index contributed by atoms with van der Waals surface area (Å²) in [6, 6.07) is 71.7. The molecule has 0 N–H and O–H groups in total. The largest absolute Gasteiger partial charge is 0.456 e. The first-order chi connectivity index (χ1) is 25.7. The number of para-hydroxylation sites is 1. The normalized spacial score (nSPS) is 11.5. The highest BCUT2D eigenvalue weighted by Gasteiger charge is 2.15. The Labute approximate surface area is 302 Å². The molecular weight excluding hydrogens is 631 g/mol. The van der Waals surface area contributed by atoms with Gasteiger partial charge in [-0.25, -0.2) is 0 Å². The quantitative estimate of drug-likeness (QED) is 0.165. The lowest BCUT2D eigenvalue weighted by Gasteiger charge is -2.26. The van der Waals surface area contributed by atoms with Crippen molar-refractivity contribution in [3.8, 4) is 33.4 Å². The molecule has 244 valence electrons. The van der Waals surface area contributed by atoms with Crippen LogP contribution < -0.4 is 4.90 Å². The minimum Gasteiger partial charge on any atom is -0.456 e. The maximum atomic E-state index is 6.24. The van der Waals surface area contributed by atoms with Crippen LogP contribution in [0.4, 0.5) is 17.1 Å². The van der Waals surface area contributed by atoms with Gasteiger partial charge in [0, 0.05) is 27.8 Å². The van der Waals surface area contributed by atoms with Gasteiger partial charge < -0.3 is 9.32 Å². The molecule has 52 heavy (non-hydrogen) atoms. The molecule has 1 aromatic heterocycles. The van der Waals surface area contributed by atoms with E-state index >= 15 is 0 Å². The third kappa shape index (κ3) is 5.30. The monoisotopic (exact) mass is 663 g/mol. The Morgan fingerprint density at radius 2 is 0.731 bits per heavy atom. The summed E-state index contributed by atoms with van der Waals surface area (Å²) in [6.45, 7) is 0. The van der Waals surface area contributed by atoms with E-state index in [-0.39, 0.29) is 0 Å². The Morgan fingerprint density at radius 1 is 0.269 bits per heavy atom. The second-order valence-electron chi connectivity index (χ2n) is 13.4. The van der Waals surface area contributed by atoms with E-state index in [1.807, 2.05) is 12.1 Å². The molecule has 0 atom stereocenters. The Bertz CT molecular complexity index is 2770. The van der Waals surface area contributed by atoms with Gasteiger partial charge in [-0.05, 0) is 116 Å². The Kier molecular flexibility index (Phi) is 7.18. The van der Waals surface area contributed by atoms with E-state index < -0.39 is 0 Å². The minimum absolute atomic E-state index is 0.926. The molecule has 10 aromatic rings. The number of hydrogen-bond acceptors (Lipinski definition) is 2. The third-order valence-corrected chi connectivity index (χ3v) is 10.3. The standard InChI is InChI=1S/C50H33NO/c1-3-9-34(10-4-1)36-17-24-42(25-18-36)51(43-26-19-37(20-27-43)35-11-5-2-6-12-35)44-28-21-38(22-29-44)39-23-30-45-40(31-39)15-16-41-32-48-46-13-7-8-14-49(46)52-50(48)33-47(41)45/h1-33H. The summed E-state index contributed by atoms with van der Waals surface area (Å²) in [6.07, 6.45) is 0. The van der Waals surface area contributed by atoms with E-state index in [0.29, 0.717) is 0 Å². The van der Waals surface area contributed by atoms with E-state index in [2.05, 4.69) is 193 Å². The molecule has 0 saturated carbocycles. The molecule has 0 bridgehead atoms. The lowest BCUT2D eigenvalue weighted by Crippen LogP contribution is -2.09. The average Bonchev–Trinajstić information content (AvgIpc) is 3.59. The highest BCUT2D eigenvalue weighted by atomic mass is 16.3. The fourth-order valence-corrected chi connectivity index (χ4v) is 7.58. The van der Waals surface area contributed by atoms with Gasteiger partial charge in [0.25, 0.3) is 0 Å². The van der Waals surface area contributed by atoms with Crippen molar-refractivity contribution in [2.75, 3.05) is 4.90 Å². The van der Waals surface area contributed by atoms with E-state index in [0.717, 1.165) is 39.0 Å². The first kappa shape index (κ1) is 30.0. The fraction of sp³-hybridized carbons (Fsp3) is 0. The van der Waals surface area contributed by atoms with E-state index in [4.69, 9.17) is 4.42 Å². The average molecular weight is 664 g/mol. The van der Waals surface area contributed by atoms with Crippen LogP contribution in [0, 0.1) is 0 Å². The summed E-state index contributed by atoms with van der Waals surface area (Å²) in [5.41, 5.74) is 12.4. The van der Waals surface area contributed by atoms with Crippen molar-refractivity contribution in [1.29, 1.82) is 0 Å². The number of hydrogen-bond donors (Lipinski definition) is 0. The highest BCUT2D eigenvalue weighted by molar-refractivity contribution is 6.16. The molecule has 10 rings (SSSR count). The topological polar surface area (TPSA) is 16.4 Å². The Balaban J connectivity index is 1.01. The SMILES string of the molecule is c1ccc(-c2ccc(N(c3ccc(-c4ccccc4)cc3)c3ccc(-c4ccc5c(ccc6cc7c(cc65)oc5ccccc57)c4)cc3)cc2)cc1. The van der Waals surface area contributed by atoms with Crippen LogP contribution in [0.25, 0.3) is 76.9 Å². The van der Waals surface area contributed by atoms with Crippen molar-refractivity contribution in [2.45, 2.75) is 0 Å². The molecule has 0 aliphatic heterocycles. The van der Waals surface area contributed by atoms with Gasteiger partial charge in [0.1, 0.15) is 11.2 Å². The number of rotatable bonds is 6.